The van der Waals surface area contributed by atoms with E-state index in [1.165, 1.54) is 0 Å². The Hall–Kier alpha value is -1.36. The molecule has 0 aliphatic heterocycles. The molecule has 22 heavy (non-hydrogen) atoms. The van der Waals surface area contributed by atoms with Crippen LogP contribution in [0.2, 0.25) is 5.02 Å². The summed E-state index contributed by atoms with van der Waals surface area (Å²) in [7, 11) is -3.47. The zero-order valence-electron chi connectivity index (χ0n) is 12.7. The standard InChI is InChI=1S/C17H20ClNO2S/c1-13(2)15-6-8-17(9-7-15)22(20,21)19-11-10-14-4-3-5-16(18)12-14/h3-9,12-13,19H,10-11H2,1-2H3. The third kappa shape index (κ3) is 4.57. The average Bonchev–Trinajstić information content (AvgIpc) is 2.47. The first-order valence-electron chi connectivity index (χ1n) is 7.22. The molecule has 2 aromatic carbocycles. The van der Waals surface area contributed by atoms with Crippen LogP contribution in [-0.4, -0.2) is 15.0 Å². The van der Waals surface area contributed by atoms with Crippen LogP contribution in [0.5, 0.6) is 0 Å². The van der Waals surface area contributed by atoms with Crippen molar-refractivity contribution in [3.63, 3.8) is 0 Å². The van der Waals surface area contributed by atoms with Gasteiger partial charge >= 0.3 is 0 Å². The molecular formula is C17H20ClNO2S. The van der Waals surface area contributed by atoms with Crippen molar-refractivity contribution in [3.8, 4) is 0 Å². The minimum Gasteiger partial charge on any atom is -0.211 e. The number of halogens is 1. The SMILES string of the molecule is CC(C)c1ccc(S(=O)(=O)NCCc2cccc(Cl)c2)cc1. The van der Waals surface area contributed by atoms with Gasteiger partial charge in [-0.2, -0.15) is 0 Å². The van der Waals surface area contributed by atoms with E-state index in [0.29, 0.717) is 28.8 Å². The Morgan fingerprint density at radius 1 is 1.09 bits per heavy atom. The summed E-state index contributed by atoms with van der Waals surface area (Å²) in [5.41, 5.74) is 2.13. The van der Waals surface area contributed by atoms with Crippen molar-refractivity contribution < 1.29 is 8.42 Å². The quantitative estimate of drug-likeness (QED) is 0.866. The summed E-state index contributed by atoms with van der Waals surface area (Å²) in [5, 5.41) is 0.657. The Labute approximate surface area is 137 Å². The largest absolute Gasteiger partial charge is 0.240 e. The van der Waals surface area contributed by atoms with Gasteiger partial charge < -0.3 is 0 Å². The van der Waals surface area contributed by atoms with E-state index in [-0.39, 0.29) is 0 Å². The van der Waals surface area contributed by atoms with Gasteiger partial charge in [0.1, 0.15) is 0 Å². The van der Waals surface area contributed by atoms with Crippen LogP contribution in [0, 0.1) is 0 Å². The van der Waals surface area contributed by atoms with Crippen LogP contribution in [0.3, 0.4) is 0 Å². The lowest BCUT2D eigenvalue weighted by Crippen LogP contribution is -2.26. The van der Waals surface area contributed by atoms with Crippen molar-refractivity contribution in [2.45, 2.75) is 31.1 Å². The Kier molecular flexibility index (Phi) is 5.62. The molecule has 3 nitrogen and oxygen atoms in total. The highest BCUT2D eigenvalue weighted by atomic mass is 35.5. The van der Waals surface area contributed by atoms with E-state index in [1.807, 2.05) is 30.3 Å². The molecule has 0 saturated heterocycles. The smallest absolute Gasteiger partial charge is 0.211 e. The van der Waals surface area contributed by atoms with Crippen molar-refractivity contribution >= 4 is 21.6 Å². The summed E-state index contributed by atoms with van der Waals surface area (Å²) < 4.78 is 27.1. The van der Waals surface area contributed by atoms with Gasteiger partial charge in [-0.15, -0.1) is 0 Å². The second-order valence-electron chi connectivity index (χ2n) is 5.50. The van der Waals surface area contributed by atoms with Gasteiger partial charge in [0.05, 0.1) is 4.90 Å². The average molecular weight is 338 g/mol. The molecule has 2 aromatic rings. The highest BCUT2D eigenvalue weighted by Gasteiger charge is 2.13. The van der Waals surface area contributed by atoms with E-state index < -0.39 is 10.0 Å². The van der Waals surface area contributed by atoms with E-state index in [4.69, 9.17) is 11.6 Å². The maximum atomic E-state index is 12.2. The Balaban J connectivity index is 1.99. The summed E-state index contributed by atoms with van der Waals surface area (Å²) in [6.45, 7) is 4.49. The minimum atomic E-state index is -3.47. The van der Waals surface area contributed by atoms with Gasteiger partial charge in [-0.25, -0.2) is 13.1 Å². The zero-order valence-corrected chi connectivity index (χ0v) is 14.3. The van der Waals surface area contributed by atoms with E-state index in [9.17, 15) is 8.42 Å². The molecule has 0 radical (unpaired) electrons. The lowest BCUT2D eigenvalue weighted by atomic mass is 10.0. The molecule has 0 heterocycles. The molecule has 2 rings (SSSR count). The molecule has 0 unspecified atom stereocenters. The molecule has 0 spiro atoms. The van der Waals surface area contributed by atoms with E-state index in [0.717, 1.165) is 11.1 Å². The van der Waals surface area contributed by atoms with Crippen LogP contribution < -0.4 is 4.72 Å². The van der Waals surface area contributed by atoms with Crippen molar-refractivity contribution in [2.24, 2.45) is 0 Å². The van der Waals surface area contributed by atoms with Crippen molar-refractivity contribution in [1.82, 2.24) is 4.72 Å². The van der Waals surface area contributed by atoms with Gasteiger partial charge in [0.25, 0.3) is 0 Å². The van der Waals surface area contributed by atoms with Crippen molar-refractivity contribution in [3.05, 3.63) is 64.7 Å². The maximum Gasteiger partial charge on any atom is 0.240 e. The second-order valence-corrected chi connectivity index (χ2v) is 7.70. The Bertz CT molecular complexity index is 725. The Morgan fingerprint density at radius 3 is 2.36 bits per heavy atom. The lowest BCUT2D eigenvalue weighted by molar-refractivity contribution is 0.581. The van der Waals surface area contributed by atoms with Gasteiger partial charge in [0.15, 0.2) is 0 Å². The number of sulfonamides is 1. The molecule has 0 aliphatic rings. The van der Waals surface area contributed by atoms with E-state index in [1.54, 1.807) is 18.2 Å². The van der Waals surface area contributed by atoms with Crippen LogP contribution in [0.15, 0.2) is 53.4 Å². The molecule has 0 fully saturated rings. The second kappa shape index (κ2) is 7.27. The molecule has 1 N–H and O–H groups in total. The normalized spacial score (nSPS) is 11.8. The van der Waals surface area contributed by atoms with Gasteiger partial charge in [-0.1, -0.05) is 49.7 Å². The molecule has 0 amide bonds. The van der Waals surface area contributed by atoms with Crippen molar-refractivity contribution in [1.29, 1.82) is 0 Å². The first kappa shape index (κ1) is 17.0. The fraction of sp³-hybridized carbons (Fsp3) is 0.294. The molecular weight excluding hydrogens is 318 g/mol. The van der Waals surface area contributed by atoms with Crippen LogP contribution in [0.25, 0.3) is 0 Å². The van der Waals surface area contributed by atoms with Crippen molar-refractivity contribution in [2.75, 3.05) is 6.54 Å². The van der Waals surface area contributed by atoms with E-state index in [2.05, 4.69) is 18.6 Å². The molecule has 5 heteroatoms. The lowest BCUT2D eigenvalue weighted by Gasteiger charge is -2.09. The van der Waals surface area contributed by atoms with Crippen LogP contribution in [0.1, 0.15) is 30.9 Å². The van der Waals surface area contributed by atoms with Gasteiger partial charge in [-0.3, -0.25) is 0 Å². The minimum absolute atomic E-state index is 0.294. The molecule has 0 atom stereocenters. The number of benzene rings is 2. The van der Waals surface area contributed by atoms with E-state index >= 15 is 0 Å². The number of hydrogen-bond acceptors (Lipinski definition) is 2. The van der Waals surface area contributed by atoms with Crippen LogP contribution in [0.4, 0.5) is 0 Å². The third-order valence-electron chi connectivity index (χ3n) is 3.45. The number of hydrogen-bond donors (Lipinski definition) is 1. The molecule has 0 bridgehead atoms. The summed E-state index contributed by atoms with van der Waals surface area (Å²) in [6.07, 6.45) is 0.601. The summed E-state index contributed by atoms with van der Waals surface area (Å²) in [4.78, 5) is 0.294. The maximum absolute atomic E-state index is 12.2. The highest BCUT2D eigenvalue weighted by molar-refractivity contribution is 7.89. The first-order chi connectivity index (χ1) is 10.4. The highest BCUT2D eigenvalue weighted by Crippen LogP contribution is 2.17. The predicted molar refractivity (Wildman–Crippen MR) is 90.9 cm³/mol. The summed E-state index contributed by atoms with van der Waals surface area (Å²) in [5.74, 6) is 0.382. The van der Waals surface area contributed by atoms with Crippen LogP contribution >= 0.6 is 11.6 Å². The molecule has 118 valence electrons. The number of nitrogens with one attached hydrogen (secondary N) is 1. The first-order valence-corrected chi connectivity index (χ1v) is 9.08. The Morgan fingerprint density at radius 2 is 1.77 bits per heavy atom. The molecule has 0 aliphatic carbocycles. The zero-order chi connectivity index (χ0) is 16.2. The summed E-state index contributed by atoms with van der Waals surface area (Å²) >= 11 is 5.91. The fourth-order valence-electron chi connectivity index (χ4n) is 2.14. The monoisotopic (exact) mass is 337 g/mol. The van der Waals surface area contributed by atoms with Gasteiger partial charge in [-0.05, 0) is 47.7 Å². The third-order valence-corrected chi connectivity index (χ3v) is 5.16. The van der Waals surface area contributed by atoms with Crippen LogP contribution in [-0.2, 0) is 16.4 Å². The predicted octanol–water partition coefficient (Wildman–Crippen LogP) is 3.98. The number of rotatable bonds is 6. The fourth-order valence-corrected chi connectivity index (χ4v) is 3.38. The molecule has 0 aromatic heterocycles. The van der Waals surface area contributed by atoms with Gasteiger partial charge in [0.2, 0.25) is 10.0 Å². The molecule has 0 saturated carbocycles. The van der Waals surface area contributed by atoms with Gasteiger partial charge in [0, 0.05) is 11.6 Å². The summed E-state index contributed by atoms with van der Waals surface area (Å²) in [6, 6.07) is 14.4. The topological polar surface area (TPSA) is 46.2 Å².